The van der Waals surface area contributed by atoms with E-state index in [1.165, 1.54) is 32.1 Å². The van der Waals surface area contributed by atoms with Crippen LogP contribution >= 0.6 is 0 Å². The third kappa shape index (κ3) is 2.84. The van der Waals surface area contributed by atoms with Gasteiger partial charge in [0.05, 0.1) is 12.2 Å². The summed E-state index contributed by atoms with van der Waals surface area (Å²) >= 11 is 0. The van der Waals surface area contributed by atoms with E-state index in [0.29, 0.717) is 18.0 Å². The molecule has 0 radical (unpaired) electrons. The molecule has 2 N–H and O–H groups in total. The van der Waals surface area contributed by atoms with Crippen LogP contribution < -0.4 is 0 Å². The zero-order chi connectivity index (χ0) is 13.4. The molecule has 3 nitrogen and oxygen atoms in total. The Morgan fingerprint density at radius 1 is 0.947 bits per heavy atom. The maximum atomic E-state index is 10.3. The predicted octanol–water partition coefficient (Wildman–Crippen LogP) is 2.16. The highest BCUT2D eigenvalue weighted by atomic mass is 16.3. The fourth-order valence-corrected chi connectivity index (χ4v) is 4.73. The molecule has 1 saturated carbocycles. The van der Waals surface area contributed by atoms with Gasteiger partial charge in [-0.25, -0.2) is 0 Å². The van der Waals surface area contributed by atoms with Gasteiger partial charge in [-0.05, 0) is 56.8 Å². The largest absolute Gasteiger partial charge is 0.393 e. The van der Waals surface area contributed by atoms with Crippen molar-refractivity contribution in [3.8, 4) is 0 Å². The van der Waals surface area contributed by atoms with Crippen LogP contribution in [0.4, 0.5) is 0 Å². The van der Waals surface area contributed by atoms with Crippen molar-refractivity contribution in [2.45, 2.75) is 82.6 Å². The topological polar surface area (TPSA) is 43.7 Å². The van der Waals surface area contributed by atoms with Crippen LogP contribution in [0.15, 0.2) is 0 Å². The molecule has 1 aliphatic carbocycles. The van der Waals surface area contributed by atoms with E-state index in [1.807, 2.05) is 0 Å². The minimum Gasteiger partial charge on any atom is -0.393 e. The molecule has 0 spiro atoms. The van der Waals surface area contributed by atoms with Crippen molar-refractivity contribution in [2.75, 3.05) is 6.54 Å². The smallest absolute Gasteiger partial charge is 0.0580 e. The molecule has 110 valence electrons. The van der Waals surface area contributed by atoms with Crippen LogP contribution in [-0.2, 0) is 0 Å². The van der Waals surface area contributed by atoms with Gasteiger partial charge in [-0.1, -0.05) is 13.3 Å². The second kappa shape index (κ2) is 5.71. The van der Waals surface area contributed by atoms with E-state index >= 15 is 0 Å². The SMILES string of the molecule is CCC1CCC(O)C(CN2C3CCC2CC(O)C3)C1. The van der Waals surface area contributed by atoms with Crippen molar-refractivity contribution in [3.05, 3.63) is 0 Å². The molecule has 2 bridgehead atoms. The van der Waals surface area contributed by atoms with Gasteiger partial charge in [0.25, 0.3) is 0 Å². The third-order valence-corrected chi connectivity index (χ3v) is 5.93. The van der Waals surface area contributed by atoms with Crippen LogP contribution in [0.3, 0.4) is 0 Å². The Morgan fingerprint density at radius 2 is 1.63 bits per heavy atom. The lowest BCUT2D eigenvalue weighted by atomic mass is 9.77. The number of nitrogens with zero attached hydrogens (tertiary/aromatic N) is 1. The maximum absolute atomic E-state index is 10.3. The van der Waals surface area contributed by atoms with Gasteiger partial charge in [0.2, 0.25) is 0 Å². The third-order valence-electron chi connectivity index (χ3n) is 5.93. The van der Waals surface area contributed by atoms with Crippen LogP contribution in [0.5, 0.6) is 0 Å². The quantitative estimate of drug-likeness (QED) is 0.823. The van der Waals surface area contributed by atoms with Crippen LogP contribution in [-0.4, -0.2) is 45.9 Å². The highest BCUT2D eigenvalue weighted by molar-refractivity contribution is 4.97. The molecule has 0 aromatic heterocycles. The van der Waals surface area contributed by atoms with Gasteiger partial charge in [-0.15, -0.1) is 0 Å². The average molecular weight is 267 g/mol. The van der Waals surface area contributed by atoms with E-state index in [1.54, 1.807) is 0 Å². The standard InChI is InChI=1S/C16H29NO2/c1-2-11-3-6-16(19)12(7-11)10-17-13-4-5-14(17)9-15(18)8-13/h11-16,18-19H,2-10H2,1H3. The van der Waals surface area contributed by atoms with Crippen molar-refractivity contribution >= 4 is 0 Å². The fourth-order valence-electron chi connectivity index (χ4n) is 4.73. The van der Waals surface area contributed by atoms with Gasteiger partial charge in [0, 0.05) is 18.6 Å². The molecule has 2 aliphatic heterocycles. The van der Waals surface area contributed by atoms with Crippen LogP contribution in [0, 0.1) is 11.8 Å². The lowest BCUT2D eigenvalue weighted by Gasteiger charge is -2.42. The second-order valence-corrected chi connectivity index (χ2v) is 7.12. The normalized spacial score (nSPS) is 47.5. The van der Waals surface area contributed by atoms with Crippen molar-refractivity contribution < 1.29 is 10.2 Å². The number of aliphatic hydroxyl groups excluding tert-OH is 2. The zero-order valence-corrected chi connectivity index (χ0v) is 12.2. The molecule has 0 aromatic rings. The number of hydrogen-bond acceptors (Lipinski definition) is 3. The summed E-state index contributed by atoms with van der Waals surface area (Å²) in [7, 11) is 0. The number of aliphatic hydroxyl groups is 2. The lowest BCUT2D eigenvalue weighted by Crippen LogP contribution is -2.49. The van der Waals surface area contributed by atoms with E-state index < -0.39 is 0 Å². The van der Waals surface area contributed by atoms with E-state index in [4.69, 9.17) is 0 Å². The first-order chi connectivity index (χ1) is 9.17. The van der Waals surface area contributed by atoms with Gasteiger partial charge in [-0.3, -0.25) is 4.90 Å². The Balaban J connectivity index is 1.61. The number of rotatable bonds is 3. The summed E-state index contributed by atoms with van der Waals surface area (Å²) in [4.78, 5) is 2.62. The Morgan fingerprint density at radius 3 is 2.26 bits per heavy atom. The molecule has 3 aliphatic rings. The number of piperidine rings is 1. The Hall–Kier alpha value is -0.120. The minimum atomic E-state index is -0.0888. The number of hydrogen-bond donors (Lipinski definition) is 2. The fraction of sp³-hybridized carbons (Fsp3) is 1.00. The molecule has 0 amide bonds. The molecule has 5 unspecified atom stereocenters. The maximum Gasteiger partial charge on any atom is 0.0580 e. The van der Waals surface area contributed by atoms with Gasteiger partial charge < -0.3 is 10.2 Å². The molecule has 19 heavy (non-hydrogen) atoms. The minimum absolute atomic E-state index is 0.0755. The molecule has 3 heteroatoms. The molecule has 2 saturated heterocycles. The highest BCUT2D eigenvalue weighted by Crippen LogP contribution is 2.39. The van der Waals surface area contributed by atoms with Gasteiger partial charge in [-0.2, -0.15) is 0 Å². The lowest BCUT2D eigenvalue weighted by molar-refractivity contribution is -0.0138. The molecule has 0 aromatic carbocycles. The summed E-state index contributed by atoms with van der Waals surface area (Å²) in [5.41, 5.74) is 0. The zero-order valence-electron chi connectivity index (χ0n) is 12.2. The average Bonchev–Trinajstić information content (AvgIpc) is 2.64. The van der Waals surface area contributed by atoms with Crippen molar-refractivity contribution in [2.24, 2.45) is 11.8 Å². The van der Waals surface area contributed by atoms with E-state index in [9.17, 15) is 10.2 Å². The molecular weight excluding hydrogens is 238 g/mol. The molecular formula is C16H29NO2. The van der Waals surface area contributed by atoms with Crippen molar-refractivity contribution in [3.63, 3.8) is 0 Å². The summed E-state index contributed by atoms with van der Waals surface area (Å²) in [6.07, 6.45) is 8.92. The van der Waals surface area contributed by atoms with Crippen molar-refractivity contribution in [1.29, 1.82) is 0 Å². The highest BCUT2D eigenvalue weighted by Gasteiger charge is 2.42. The van der Waals surface area contributed by atoms with Crippen LogP contribution in [0.2, 0.25) is 0 Å². The van der Waals surface area contributed by atoms with E-state index in [-0.39, 0.29) is 12.2 Å². The first-order valence-electron chi connectivity index (χ1n) is 8.29. The van der Waals surface area contributed by atoms with Gasteiger partial charge in [0.1, 0.15) is 0 Å². The summed E-state index contributed by atoms with van der Waals surface area (Å²) < 4.78 is 0. The Labute approximate surface area is 117 Å². The Bertz CT molecular complexity index is 295. The molecule has 3 rings (SSSR count). The second-order valence-electron chi connectivity index (χ2n) is 7.12. The van der Waals surface area contributed by atoms with Crippen LogP contribution in [0.25, 0.3) is 0 Å². The number of fused-ring (bicyclic) bond motifs is 2. The monoisotopic (exact) mass is 267 g/mol. The first-order valence-corrected chi connectivity index (χ1v) is 8.29. The first kappa shape index (κ1) is 13.8. The molecule has 5 atom stereocenters. The van der Waals surface area contributed by atoms with Gasteiger partial charge >= 0.3 is 0 Å². The van der Waals surface area contributed by atoms with E-state index in [2.05, 4.69) is 11.8 Å². The predicted molar refractivity (Wildman–Crippen MR) is 75.9 cm³/mol. The van der Waals surface area contributed by atoms with Crippen molar-refractivity contribution in [1.82, 2.24) is 4.90 Å². The summed E-state index contributed by atoms with van der Waals surface area (Å²) in [6.45, 7) is 3.35. The van der Waals surface area contributed by atoms with Gasteiger partial charge in [0.15, 0.2) is 0 Å². The molecule has 2 heterocycles. The van der Waals surface area contributed by atoms with E-state index in [0.717, 1.165) is 31.7 Å². The molecule has 3 fully saturated rings. The summed E-state index contributed by atoms with van der Waals surface area (Å²) in [6, 6.07) is 1.17. The Kier molecular flexibility index (Phi) is 4.16. The van der Waals surface area contributed by atoms with Crippen LogP contribution in [0.1, 0.15) is 58.3 Å². The summed E-state index contributed by atoms with van der Waals surface area (Å²) in [5.74, 6) is 1.29. The summed E-state index contributed by atoms with van der Waals surface area (Å²) in [5, 5.41) is 20.2.